The predicted octanol–water partition coefficient (Wildman–Crippen LogP) is 19.8. The number of fused-ring (bicyclic) bond motifs is 4. The van der Waals surface area contributed by atoms with Crippen LogP contribution in [0.1, 0.15) is 107 Å². The lowest BCUT2D eigenvalue weighted by Crippen LogP contribution is -2.40. The Bertz CT molecular complexity index is 6160. The van der Waals surface area contributed by atoms with Crippen molar-refractivity contribution in [3.8, 4) is 57.9 Å². The SMILES string of the molecule is CC1=Cc2cc(Oc3ccnc(Nc4ccc(CS(C)(=O)=O)cc4)n3)ccc2C1.CC1=Cc2cc(Oc3ccnc(Nc4cccc(OCCCN5CCS(=O)(=O)CC5)c4)n3)ccc2C1.CCC(=O)c1cccc(Nc2nccc(Oc3ccc4c(c3)C=C(C)C4)n2)c1.COc1cccc(Cc2cc(Oc3ccc4[nH]c(C)cc4c3)ccn2)c1. The number of allylic oxidation sites excluding steroid dienone is 3. The fraction of sp³-hybridized carbons (Fsp3) is 0.213. The van der Waals surface area contributed by atoms with Crippen LogP contribution in [0.3, 0.4) is 0 Å². The summed E-state index contributed by atoms with van der Waals surface area (Å²) in [4.78, 5) is 47.9. The van der Waals surface area contributed by atoms with E-state index in [4.69, 9.17) is 28.4 Å². The molecule has 13 aromatic rings. The molecule has 0 bridgehead atoms. The van der Waals surface area contributed by atoms with Crippen molar-refractivity contribution in [3.63, 3.8) is 0 Å². The van der Waals surface area contributed by atoms with E-state index < -0.39 is 19.7 Å². The number of hydrogen-bond donors (Lipinski definition) is 4. The van der Waals surface area contributed by atoms with Gasteiger partial charge in [0.2, 0.25) is 35.5 Å². The van der Waals surface area contributed by atoms with Crippen LogP contribution in [-0.2, 0) is 51.1 Å². The average molecular weight is 1630 g/mol. The van der Waals surface area contributed by atoms with E-state index in [0.29, 0.717) is 67.2 Å². The van der Waals surface area contributed by atoms with Gasteiger partial charge < -0.3 is 54.3 Å². The topological polar surface area (TPSA) is 286 Å². The van der Waals surface area contributed by atoms with Gasteiger partial charge in [0.25, 0.3) is 0 Å². The number of carbonyl (C=O) groups excluding carboxylic acids is 1. The Labute approximate surface area is 693 Å². The van der Waals surface area contributed by atoms with Gasteiger partial charge in [0, 0.05) is 139 Å². The first-order chi connectivity index (χ1) is 57.5. The van der Waals surface area contributed by atoms with Crippen LogP contribution in [0, 0.1) is 6.92 Å². The zero-order chi connectivity index (χ0) is 82.8. The van der Waals surface area contributed by atoms with Gasteiger partial charge in [-0.2, -0.15) is 15.0 Å². The number of methoxy groups -OCH3 is 1. The number of pyridine rings is 1. The van der Waals surface area contributed by atoms with Gasteiger partial charge in [-0.25, -0.2) is 31.8 Å². The molecule has 0 spiro atoms. The molecule has 17 rings (SSSR count). The van der Waals surface area contributed by atoms with E-state index in [9.17, 15) is 21.6 Å². The Balaban J connectivity index is 0.000000131. The highest BCUT2D eigenvalue weighted by atomic mass is 32.2. The number of ether oxygens (including phenoxy) is 6. The Morgan fingerprint density at radius 1 is 0.496 bits per heavy atom. The summed E-state index contributed by atoms with van der Waals surface area (Å²) in [6.45, 7) is 12.9. The van der Waals surface area contributed by atoms with Crippen LogP contribution in [0.15, 0.2) is 248 Å². The van der Waals surface area contributed by atoms with E-state index in [-0.39, 0.29) is 23.0 Å². The van der Waals surface area contributed by atoms with Gasteiger partial charge in [0.15, 0.2) is 25.5 Å². The molecule has 8 aromatic carbocycles. The lowest BCUT2D eigenvalue weighted by atomic mass is 10.1. The molecular formula is C94H92N12O11S2. The third-order valence-electron chi connectivity index (χ3n) is 19.6. The number of sulfone groups is 2. The second-order valence-corrected chi connectivity index (χ2v) is 34.0. The standard InChI is InChI=1S/C27H30N4O4S.C23H21N3O2.C22H21N3O3S.C22H20N2O2/c1-20-16-21-6-7-25(18-22(21)17-20)35-26-8-9-28-27(30-26)29-23-4-2-5-24(19-23)34-13-3-10-31-11-14-36(32,33)15-12-31;1-3-21(27)17-5-4-6-19(13-17)25-23-24-10-9-22(26-23)28-20-8-7-16-11-15(2)12-18(16)14-20;1-15-11-17-5-8-20(13-18(17)12-15)28-21-9-10-23-22(25-21)24-19-6-3-16(4-7-19)14-29(2,26)27;1-15-10-17-13-20(6-7-22(17)24-15)26-21-8-9-23-18(14-21)11-16-4-3-5-19(12-16)25-2/h2,4-9,17-19H,3,10-16H2,1H3,(H,28,29,30);4-10,12-14H,3,11H2,1-2H3,(H,24,25,26);3-10,12-13H,11,14H2,1-2H3,(H,23,24,25);3-10,12-14,24H,11H2,1-2H3. The van der Waals surface area contributed by atoms with E-state index in [2.05, 4.69) is 130 Å². The zero-order valence-corrected chi connectivity index (χ0v) is 68.9. The Morgan fingerprint density at radius 2 is 1.00 bits per heavy atom. The number of rotatable bonds is 26. The molecule has 25 heteroatoms. The van der Waals surface area contributed by atoms with Gasteiger partial charge in [-0.05, 0) is 213 Å². The third-order valence-corrected chi connectivity index (χ3v) is 22.1. The van der Waals surface area contributed by atoms with Crippen molar-refractivity contribution >= 4 is 89.5 Å². The summed E-state index contributed by atoms with van der Waals surface area (Å²) in [6.07, 6.45) is 19.5. The van der Waals surface area contributed by atoms with Gasteiger partial charge in [-0.1, -0.05) is 103 Å². The summed E-state index contributed by atoms with van der Waals surface area (Å²) >= 11 is 0. The maximum absolute atomic E-state index is 11.9. The molecule has 1 saturated heterocycles. The molecule has 0 atom stereocenters. The van der Waals surface area contributed by atoms with Crippen molar-refractivity contribution in [3.05, 3.63) is 309 Å². The maximum Gasteiger partial charge on any atom is 0.230 e. The number of nitrogens with zero attached hydrogens (tertiary/aromatic N) is 8. The van der Waals surface area contributed by atoms with Gasteiger partial charge in [0.05, 0.1) is 31.0 Å². The summed E-state index contributed by atoms with van der Waals surface area (Å²) < 4.78 is 80.9. The summed E-state index contributed by atoms with van der Waals surface area (Å²) in [5.41, 5.74) is 19.6. The van der Waals surface area contributed by atoms with Crippen molar-refractivity contribution in [2.24, 2.45) is 0 Å². The highest BCUT2D eigenvalue weighted by Crippen LogP contribution is 2.36. The molecule has 1 fully saturated rings. The fourth-order valence-corrected chi connectivity index (χ4v) is 16.0. The molecule has 6 heterocycles. The summed E-state index contributed by atoms with van der Waals surface area (Å²) in [6, 6.07) is 65.5. The number of anilines is 6. The number of hydrogen-bond acceptors (Lipinski definition) is 22. The van der Waals surface area contributed by atoms with E-state index in [1.165, 1.54) is 56.4 Å². The van der Waals surface area contributed by atoms with E-state index in [1.54, 1.807) is 86.5 Å². The number of carbonyl (C=O) groups is 1. The van der Waals surface area contributed by atoms with Gasteiger partial charge >= 0.3 is 0 Å². The minimum atomic E-state index is -3.06. The maximum atomic E-state index is 11.9. The quantitative estimate of drug-likeness (QED) is 0.0289. The second kappa shape index (κ2) is 38.2. The van der Waals surface area contributed by atoms with E-state index in [1.807, 2.05) is 135 Å². The molecule has 0 radical (unpaired) electrons. The summed E-state index contributed by atoms with van der Waals surface area (Å²) in [5.74, 6) is 8.62. The molecule has 4 aliphatic rings. The van der Waals surface area contributed by atoms with Crippen molar-refractivity contribution in [2.45, 2.75) is 78.9 Å². The second-order valence-electron chi connectivity index (χ2n) is 29.6. The van der Waals surface area contributed by atoms with Crippen molar-refractivity contribution in [1.82, 2.24) is 44.8 Å². The van der Waals surface area contributed by atoms with Gasteiger partial charge in [-0.3, -0.25) is 9.78 Å². The third kappa shape index (κ3) is 23.9. The largest absolute Gasteiger partial charge is 0.497 e. The predicted molar refractivity (Wildman–Crippen MR) is 468 cm³/mol. The first-order valence-electron chi connectivity index (χ1n) is 39.2. The molecule has 3 aliphatic carbocycles. The Morgan fingerprint density at radius 3 is 1.55 bits per heavy atom. The molecule has 1 aliphatic heterocycles. The Kier molecular flexibility index (Phi) is 26.3. The number of nitrogens with one attached hydrogen (secondary N) is 4. The van der Waals surface area contributed by atoms with Crippen LogP contribution in [-0.4, -0.2) is 119 Å². The molecule has 0 unspecified atom stereocenters. The van der Waals surface area contributed by atoms with Crippen LogP contribution in [0.2, 0.25) is 0 Å². The highest BCUT2D eigenvalue weighted by molar-refractivity contribution is 7.91. The smallest absolute Gasteiger partial charge is 0.230 e. The highest BCUT2D eigenvalue weighted by Gasteiger charge is 2.22. The minimum Gasteiger partial charge on any atom is -0.497 e. The molecule has 5 aromatic heterocycles. The molecule has 0 amide bonds. The molecular weight excluding hydrogens is 1540 g/mol. The van der Waals surface area contributed by atoms with E-state index in [0.717, 1.165) is 129 Å². The van der Waals surface area contributed by atoms with E-state index >= 15 is 0 Å². The van der Waals surface area contributed by atoms with Crippen LogP contribution in [0.25, 0.3) is 29.1 Å². The summed E-state index contributed by atoms with van der Waals surface area (Å²) in [5, 5.41) is 10.6. The number of aryl methyl sites for hydroxylation is 1. The van der Waals surface area contributed by atoms with Gasteiger partial charge in [-0.15, -0.1) is 0 Å². The van der Waals surface area contributed by atoms with Crippen molar-refractivity contribution in [1.29, 1.82) is 0 Å². The first kappa shape index (κ1) is 82.2. The van der Waals surface area contributed by atoms with Crippen LogP contribution in [0.5, 0.6) is 57.9 Å². The minimum absolute atomic E-state index is 0.0165. The lowest BCUT2D eigenvalue weighted by molar-refractivity contribution is 0.0988. The Hall–Kier alpha value is -13.4. The molecule has 4 N–H and O–H groups in total. The van der Waals surface area contributed by atoms with Crippen LogP contribution < -0.4 is 44.4 Å². The number of benzene rings is 8. The van der Waals surface area contributed by atoms with Gasteiger partial charge in [0.1, 0.15) is 40.2 Å². The van der Waals surface area contributed by atoms with Crippen LogP contribution >= 0.6 is 0 Å². The molecule has 119 heavy (non-hydrogen) atoms. The normalized spacial score (nSPS) is 13.5. The molecule has 0 saturated carbocycles. The first-order valence-corrected chi connectivity index (χ1v) is 43.1. The molecule has 606 valence electrons. The van der Waals surface area contributed by atoms with Crippen molar-refractivity contribution < 1.29 is 50.1 Å². The monoisotopic (exact) mass is 1630 g/mol. The lowest BCUT2D eigenvalue weighted by Gasteiger charge is -2.26. The number of aromatic amines is 1. The zero-order valence-electron chi connectivity index (χ0n) is 67.2. The molecule has 23 nitrogen and oxygen atoms in total. The number of Topliss-reactive ketones (excluding diaryl/α,β-unsaturated/α-hetero) is 1. The number of aromatic nitrogens is 8. The van der Waals surface area contributed by atoms with Crippen molar-refractivity contribution in [2.75, 3.05) is 67.1 Å². The number of ketones is 1. The summed E-state index contributed by atoms with van der Waals surface area (Å²) in [7, 11) is -4.22. The fourth-order valence-electron chi connectivity index (χ4n) is 13.9. The van der Waals surface area contributed by atoms with Crippen LogP contribution in [0.4, 0.5) is 34.9 Å². The number of H-pyrrole nitrogens is 1. The average Bonchev–Trinajstić information content (AvgIpc) is 1.71.